The van der Waals surface area contributed by atoms with Crippen LogP contribution >= 0.6 is 0 Å². The number of sulfonamides is 1. The number of hydrogen-bond acceptors (Lipinski definition) is 5. The summed E-state index contributed by atoms with van der Waals surface area (Å²) in [6, 6.07) is 25.8. The van der Waals surface area contributed by atoms with Gasteiger partial charge >= 0.3 is 0 Å². The molecule has 0 aliphatic heterocycles. The van der Waals surface area contributed by atoms with Gasteiger partial charge in [-0.25, -0.2) is 13.1 Å². The molecule has 1 saturated carbocycles. The maximum absolute atomic E-state index is 13.8. The fourth-order valence-electron chi connectivity index (χ4n) is 4.16. The Morgan fingerprint density at radius 3 is 2.17 bits per heavy atom. The van der Waals surface area contributed by atoms with E-state index in [9.17, 15) is 8.42 Å². The van der Waals surface area contributed by atoms with Crippen LogP contribution in [-0.4, -0.2) is 36.2 Å². The molecule has 0 radical (unpaired) electrons. The molecular weight excluding hydrogens is 474 g/mol. The maximum atomic E-state index is 13.8. The van der Waals surface area contributed by atoms with Crippen molar-refractivity contribution >= 4 is 10.0 Å². The van der Waals surface area contributed by atoms with Crippen LogP contribution in [0.2, 0.25) is 0 Å². The van der Waals surface area contributed by atoms with Gasteiger partial charge in [-0.1, -0.05) is 48.5 Å². The lowest BCUT2D eigenvalue weighted by Crippen LogP contribution is -2.32. The monoisotopic (exact) mass is 503 g/mol. The Morgan fingerprint density at radius 1 is 0.917 bits per heavy atom. The predicted octanol–water partition coefficient (Wildman–Crippen LogP) is 5.49. The van der Waals surface area contributed by atoms with Crippen LogP contribution in [0.3, 0.4) is 0 Å². The van der Waals surface area contributed by atoms with Crippen LogP contribution in [-0.2, 0) is 23.6 Å². The van der Waals surface area contributed by atoms with Crippen LogP contribution in [0.15, 0.2) is 89.8 Å². The van der Waals surface area contributed by atoms with E-state index in [1.165, 1.54) is 0 Å². The van der Waals surface area contributed by atoms with Gasteiger partial charge in [0.15, 0.2) is 0 Å². The van der Waals surface area contributed by atoms with E-state index in [4.69, 9.17) is 14.6 Å². The summed E-state index contributed by atoms with van der Waals surface area (Å²) >= 11 is 0. The van der Waals surface area contributed by atoms with Gasteiger partial charge in [-0.2, -0.15) is 9.40 Å². The highest BCUT2D eigenvalue weighted by Crippen LogP contribution is 2.37. The van der Waals surface area contributed by atoms with Gasteiger partial charge in [0.05, 0.1) is 17.6 Å². The van der Waals surface area contributed by atoms with E-state index >= 15 is 0 Å². The Morgan fingerprint density at radius 2 is 1.56 bits per heavy atom. The molecule has 186 valence electrons. The highest BCUT2D eigenvalue weighted by atomic mass is 32.2. The predicted molar refractivity (Wildman–Crippen MR) is 138 cm³/mol. The molecule has 0 spiro atoms. The van der Waals surface area contributed by atoms with E-state index in [0.717, 1.165) is 24.0 Å². The van der Waals surface area contributed by atoms with Gasteiger partial charge in [-0.15, -0.1) is 0 Å². The molecule has 0 N–H and O–H groups in total. The van der Waals surface area contributed by atoms with Gasteiger partial charge in [0.2, 0.25) is 15.9 Å². The topological polar surface area (TPSA) is 73.7 Å². The first kappa shape index (κ1) is 24.1. The number of aryl methyl sites for hydroxylation is 1. The summed E-state index contributed by atoms with van der Waals surface area (Å²) in [6.45, 7) is 0.591. The zero-order chi connectivity index (χ0) is 25.1. The van der Waals surface area contributed by atoms with Crippen LogP contribution in [0.5, 0.6) is 17.4 Å². The third kappa shape index (κ3) is 5.15. The molecule has 4 aromatic rings. The van der Waals surface area contributed by atoms with E-state index in [1.54, 1.807) is 40.4 Å². The molecule has 5 rings (SSSR count). The second kappa shape index (κ2) is 10.2. The second-order valence-electron chi connectivity index (χ2n) is 8.95. The number of aromatic nitrogens is 2. The summed E-state index contributed by atoms with van der Waals surface area (Å²) in [5.74, 6) is 2.15. The van der Waals surface area contributed by atoms with E-state index in [2.05, 4.69) is 0 Å². The van der Waals surface area contributed by atoms with Crippen molar-refractivity contribution in [3.63, 3.8) is 0 Å². The molecule has 1 heterocycles. The lowest BCUT2D eigenvalue weighted by molar-refractivity contribution is 0.376. The van der Waals surface area contributed by atoms with E-state index in [0.29, 0.717) is 35.5 Å². The smallest absolute Gasteiger partial charge is 0.243 e. The molecule has 1 aliphatic rings. The SMILES string of the molecule is COc1ccc(S(=O)(=O)N(Cc2c(-c3ccccc3)nn(C)c2Oc2ccccc2)CC2CC2)cc1. The molecule has 0 amide bonds. The number of methoxy groups -OCH3 is 1. The van der Waals surface area contributed by atoms with Crippen LogP contribution < -0.4 is 9.47 Å². The molecule has 36 heavy (non-hydrogen) atoms. The average Bonchev–Trinajstić information content (AvgIpc) is 3.68. The van der Waals surface area contributed by atoms with Gasteiger partial charge in [0.25, 0.3) is 0 Å². The Balaban J connectivity index is 1.58. The van der Waals surface area contributed by atoms with Crippen molar-refractivity contribution in [3.8, 4) is 28.6 Å². The maximum Gasteiger partial charge on any atom is 0.243 e. The third-order valence-electron chi connectivity index (χ3n) is 6.28. The summed E-state index contributed by atoms with van der Waals surface area (Å²) in [4.78, 5) is 0.236. The lowest BCUT2D eigenvalue weighted by Gasteiger charge is -2.23. The largest absolute Gasteiger partial charge is 0.497 e. The standard InChI is InChI=1S/C28H29N3O4S/c1-30-28(35-24-11-7-4-8-12-24)26(27(29-30)22-9-5-3-6-10-22)20-31(19-21-13-14-21)36(32,33)25-17-15-23(34-2)16-18-25/h3-12,15-18,21H,13-14,19-20H2,1-2H3. The molecule has 0 saturated heterocycles. The zero-order valence-corrected chi connectivity index (χ0v) is 21.2. The zero-order valence-electron chi connectivity index (χ0n) is 20.4. The van der Waals surface area contributed by atoms with Gasteiger partial charge in [0, 0.05) is 25.7 Å². The lowest BCUT2D eigenvalue weighted by atomic mass is 10.1. The van der Waals surface area contributed by atoms with Gasteiger partial charge in [0.1, 0.15) is 17.2 Å². The Labute approximate surface area is 212 Å². The van der Waals surface area contributed by atoms with Crippen molar-refractivity contribution in [3.05, 3.63) is 90.5 Å². The minimum absolute atomic E-state index is 0.144. The molecule has 0 bridgehead atoms. The summed E-state index contributed by atoms with van der Waals surface area (Å²) in [5, 5.41) is 4.76. The molecule has 7 nitrogen and oxygen atoms in total. The van der Waals surface area contributed by atoms with Gasteiger partial charge < -0.3 is 9.47 Å². The first-order valence-corrected chi connectivity index (χ1v) is 13.4. The quantitative estimate of drug-likeness (QED) is 0.286. The normalized spacial score (nSPS) is 13.6. The van der Waals surface area contributed by atoms with Crippen molar-refractivity contribution in [1.82, 2.24) is 14.1 Å². The minimum atomic E-state index is -3.77. The molecule has 0 unspecified atom stereocenters. The number of benzene rings is 3. The van der Waals surface area contributed by atoms with Crippen LogP contribution in [0, 0.1) is 5.92 Å². The summed E-state index contributed by atoms with van der Waals surface area (Å²) in [7, 11) is -0.396. The van der Waals surface area contributed by atoms with E-state index in [1.807, 2.05) is 67.7 Å². The summed E-state index contributed by atoms with van der Waals surface area (Å²) < 4.78 is 42.4. The number of para-hydroxylation sites is 1. The number of rotatable bonds is 10. The second-order valence-corrected chi connectivity index (χ2v) is 10.9. The summed E-state index contributed by atoms with van der Waals surface area (Å²) in [5.41, 5.74) is 2.33. The number of nitrogens with zero attached hydrogens (tertiary/aromatic N) is 3. The number of hydrogen-bond donors (Lipinski definition) is 0. The van der Waals surface area contributed by atoms with Crippen molar-refractivity contribution < 1.29 is 17.9 Å². The summed E-state index contributed by atoms with van der Waals surface area (Å²) in [6.07, 6.45) is 2.06. The molecule has 0 atom stereocenters. The van der Waals surface area contributed by atoms with Crippen molar-refractivity contribution in [2.75, 3.05) is 13.7 Å². The molecule has 1 aliphatic carbocycles. The Hall–Kier alpha value is -3.62. The van der Waals surface area contributed by atoms with Crippen molar-refractivity contribution in [1.29, 1.82) is 0 Å². The van der Waals surface area contributed by atoms with E-state index < -0.39 is 10.0 Å². The Kier molecular flexibility index (Phi) is 6.80. The third-order valence-corrected chi connectivity index (χ3v) is 8.11. The van der Waals surface area contributed by atoms with Gasteiger partial charge in [-0.05, 0) is 55.2 Å². The van der Waals surface area contributed by atoms with Crippen LogP contribution in [0.25, 0.3) is 11.3 Å². The highest BCUT2D eigenvalue weighted by Gasteiger charge is 2.34. The minimum Gasteiger partial charge on any atom is -0.497 e. The Bertz CT molecular complexity index is 1420. The first-order valence-electron chi connectivity index (χ1n) is 11.9. The van der Waals surface area contributed by atoms with Crippen LogP contribution in [0.1, 0.15) is 18.4 Å². The van der Waals surface area contributed by atoms with E-state index in [-0.39, 0.29) is 11.4 Å². The molecule has 1 fully saturated rings. The molecule has 8 heteroatoms. The molecular formula is C28H29N3O4S. The molecule has 1 aromatic heterocycles. The fourth-order valence-corrected chi connectivity index (χ4v) is 5.64. The fraction of sp³-hybridized carbons (Fsp3) is 0.250. The van der Waals surface area contributed by atoms with Gasteiger partial charge in [-0.3, -0.25) is 0 Å². The van der Waals surface area contributed by atoms with Crippen molar-refractivity contribution in [2.24, 2.45) is 13.0 Å². The molecule has 3 aromatic carbocycles. The average molecular weight is 504 g/mol. The number of ether oxygens (including phenoxy) is 2. The highest BCUT2D eigenvalue weighted by molar-refractivity contribution is 7.89. The van der Waals surface area contributed by atoms with Crippen LogP contribution in [0.4, 0.5) is 0 Å². The van der Waals surface area contributed by atoms with Crippen molar-refractivity contribution in [2.45, 2.75) is 24.3 Å². The first-order chi connectivity index (χ1) is 17.5.